The number of allylic oxidation sites excluding steroid dienone is 2. The average molecular weight is 959 g/mol. The third-order valence-corrected chi connectivity index (χ3v) is 15.2. The van der Waals surface area contributed by atoms with Crippen LogP contribution in [0.1, 0.15) is 12.0 Å². The van der Waals surface area contributed by atoms with Gasteiger partial charge in [0.05, 0.1) is 17.1 Å². The maximum atomic E-state index is 6.25. The van der Waals surface area contributed by atoms with Gasteiger partial charge in [-0.3, -0.25) is 0 Å². The van der Waals surface area contributed by atoms with Gasteiger partial charge in [0.15, 0.2) is 0 Å². The van der Waals surface area contributed by atoms with Crippen molar-refractivity contribution in [2.45, 2.75) is 12.5 Å². The van der Waals surface area contributed by atoms with Crippen LogP contribution in [0, 0.1) is 0 Å². The monoisotopic (exact) mass is 958 g/mol. The molecule has 1 atom stereocenters. The first kappa shape index (κ1) is 44.0. The van der Waals surface area contributed by atoms with Crippen molar-refractivity contribution in [2.24, 2.45) is 0 Å². The van der Waals surface area contributed by atoms with Crippen LogP contribution in [-0.4, -0.2) is 10.6 Å². The van der Waals surface area contributed by atoms with Crippen LogP contribution in [0.25, 0.3) is 111 Å². The van der Waals surface area contributed by atoms with Crippen LogP contribution in [0.15, 0.2) is 290 Å². The fraction of sp³-hybridized carbons (Fsp3) is 0.0278. The lowest BCUT2D eigenvalue weighted by Crippen LogP contribution is -2.30. The lowest BCUT2D eigenvalue weighted by atomic mass is 9.93. The molecule has 1 aliphatic rings. The number of nitrogens with zero attached hydrogens (tertiary/aromatic N) is 2. The lowest BCUT2D eigenvalue weighted by molar-refractivity contribution is 0.669. The van der Waals surface area contributed by atoms with Crippen LogP contribution in [0.5, 0.6) is 0 Å². The van der Waals surface area contributed by atoms with Crippen molar-refractivity contribution < 1.29 is 4.42 Å². The summed E-state index contributed by atoms with van der Waals surface area (Å²) in [5.74, 6) is 0. The van der Waals surface area contributed by atoms with Gasteiger partial charge in [0, 0.05) is 38.6 Å². The Morgan fingerprint density at radius 1 is 0.360 bits per heavy atom. The molecule has 0 spiro atoms. The van der Waals surface area contributed by atoms with E-state index in [0.29, 0.717) is 0 Å². The van der Waals surface area contributed by atoms with E-state index in [1.165, 1.54) is 88.6 Å². The molecule has 0 N–H and O–H groups in total. The van der Waals surface area contributed by atoms with E-state index >= 15 is 0 Å². The summed E-state index contributed by atoms with van der Waals surface area (Å²) in [5, 5.41) is 4.70. The first-order valence-corrected chi connectivity index (χ1v) is 25.9. The van der Waals surface area contributed by atoms with E-state index < -0.39 is 0 Å². The molecule has 3 heteroatoms. The molecule has 11 aromatic carbocycles. The van der Waals surface area contributed by atoms with Gasteiger partial charge < -0.3 is 13.9 Å². The number of para-hydroxylation sites is 2. The number of aromatic nitrogens is 1. The minimum Gasteiger partial charge on any atom is -0.456 e. The molecule has 0 bridgehead atoms. The standard InChI is InChI=1S/C72H50N2O/c1-3-14-49(15-4-1)51-28-32-53(33-29-51)55-36-40-60(41-37-55)73(61-42-38-56(39-43-61)54-34-30-52(31-35-54)50-16-5-2-6-17-50)62-21-12-19-58(47-62)57-18-11-20-59(46-57)64-24-13-26-69-72(64)66-23-7-9-25-68(66)74(69)63-44-45-71-67(48-63)65-22-8-10-27-70(65)75-71/h1-42,44-48,61H,43H2. The predicted octanol–water partition coefficient (Wildman–Crippen LogP) is 19.6. The summed E-state index contributed by atoms with van der Waals surface area (Å²) in [4.78, 5) is 2.51. The molecule has 3 nitrogen and oxygen atoms in total. The second-order valence-electron chi connectivity index (χ2n) is 19.6. The number of furan rings is 1. The summed E-state index contributed by atoms with van der Waals surface area (Å²) >= 11 is 0. The number of rotatable bonds is 10. The number of hydrogen-bond donors (Lipinski definition) is 0. The fourth-order valence-electron chi connectivity index (χ4n) is 11.4. The van der Waals surface area contributed by atoms with Crippen LogP contribution in [-0.2, 0) is 0 Å². The summed E-state index contributed by atoms with van der Waals surface area (Å²) in [6.45, 7) is 0. The minimum absolute atomic E-state index is 0.0952. The topological polar surface area (TPSA) is 21.3 Å². The Balaban J connectivity index is 0.816. The van der Waals surface area contributed by atoms with Gasteiger partial charge in [0.1, 0.15) is 11.2 Å². The Morgan fingerprint density at radius 3 is 1.59 bits per heavy atom. The molecule has 13 aromatic rings. The second kappa shape index (κ2) is 18.7. The summed E-state index contributed by atoms with van der Waals surface area (Å²) < 4.78 is 8.66. The Labute approximate surface area is 436 Å². The smallest absolute Gasteiger partial charge is 0.135 e. The van der Waals surface area contributed by atoms with E-state index in [1.807, 2.05) is 12.1 Å². The van der Waals surface area contributed by atoms with Gasteiger partial charge in [-0.15, -0.1) is 0 Å². The Bertz CT molecular complexity index is 4290. The highest BCUT2D eigenvalue weighted by Gasteiger charge is 2.23. The van der Waals surface area contributed by atoms with Gasteiger partial charge >= 0.3 is 0 Å². The highest BCUT2D eigenvalue weighted by molar-refractivity contribution is 6.16. The van der Waals surface area contributed by atoms with Crippen molar-refractivity contribution >= 4 is 60.7 Å². The third kappa shape index (κ3) is 8.12. The van der Waals surface area contributed by atoms with E-state index in [-0.39, 0.29) is 6.04 Å². The molecular formula is C72H50N2O. The maximum absolute atomic E-state index is 6.25. The Hall–Kier alpha value is -9.70. The fourth-order valence-corrected chi connectivity index (χ4v) is 11.4. The minimum atomic E-state index is 0.0952. The molecule has 0 radical (unpaired) electrons. The molecule has 0 saturated carbocycles. The average Bonchev–Trinajstić information content (AvgIpc) is 4.07. The SMILES string of the molecule is C1=CC(N(c2ccc(-c3ccc(-c4ccccc4)cc3)cc2)c2cccc(-c3cccc(-c4cccc5c4c4ccccc4n5-c4ccc5oc6ccccc6c5c4)c3)c2)CC=C1c1ccc(-c2ccccc2)cc1. The molecule has 0 aliphatic heterocycles. The molecule has 354 valence electrons. The Kier molecular flexibility index (Phi) is 11.0. The van der Waals surface area contributed by atoms with Crippen molar-refractivity contribution in [3.63, 3.8) is 0 Å². The first-order chi connectivity index (χ1) is 37.2. The van der Waals surface area contributed by atoms with Gasteiger partial charge in [0.2, 0.25) is 0 Å². The zero-order valence-corrected chi connectivity index (χ0v) is 41.2. The highest BCUT2D eigenvalue weighted by Crippen LogP contribution is 2.42. The summed E-state index contributed by atoms with van der Waals surface area (Å²) in [6.07, 6.45) is 7.96. The number of benzene rings is 11. The van der Waals surface area contributed by atoms with E-state index in [1.54, 1.807) is 0 Å². The summed E-state index contributed by atoms with van der Waals surface area (Å²) in [6, 6.07) is 96.8. The highest BCUT2D eigenvalue weighted by atomic mass is 16.3. The van der Waals surface area contributed by atoms with Gasteiger partial charge in [-0.1, -0.05) is 218 Å². The zero-order chi connectivity index (χ0) is 49.7. The quantitative estimate of drug-likeness (QED) is 0.136. The van der Waals surface area contributed by atoms with Gasteiger partial charge in [0.25, 0.3) is 0 Å². The van der Waals surface area contributed by atoms with Gasteiger partial charge in [-0.25, -0.2) is 0 Å². The van der Waals surface area contributed by atoms with E-state index in [2.05, 4.69) is 282 Å². The summed E-state index contributed by atoms with van der Waals surface area (Å²) in [7, 11) is 0. The van der Waals surface area contributed by atoms with E-state index in [0.717, 1.165) is 45.4 Å². The zero-order valence-electron chi connectivity index (χ0n) is 41.2. The van der Waals surface area contributed by atoms with Crippen molar-refractivity contribution in [2.75, 3.05) is 4.90 Å². The van der Waals surface area contributed by atoms with Crippen molar-refractivity contribution in [3.8, 4) is 61.3 Å². The van der Waals surface area contributed by atoms with E-state index in [4.69, 9.17) is 4.42 Å². The first-order valence-electron chi connectivity index (χ1n) is 25.9. The molecule has 2 aromatic heterocycles. The molecule has 75 heavy (non-hydrogen) atoms. The third-order valence-electron chi connectivity index (χ3n) is 15.2. The van der Waals surface area contributed by atoms with Crippen LogP contribution in [0.2, 0.25) is 0 Å². The maximum Gasteiger partial charge on any atom is 0.135 e. The normalized spacial score (nSPS) is 13.4. The van der Waals surface area contributed by atoms with Crippen LogP contribution < -0.4 is 4.90 Å². The Morgan fingerprint density at radius 2 is 0.893 bits per heavy atom. The van der Waals surface area contributed by atoms with Crippen molar-refractivity contribution in [1.29, 1.82) is 0 Å². The number of hydrogen-bond acceptors (Lipinski definition) is 2. The van der Waals surface area contributed by atoms with Crippen molar-refractivity contribution in [3.05, 3.63) is 291 Å². The van der Waals surface area contributed by atoms with Gasteiger partial charge in [-0.2, -0.15) is 0 Å². The molecule has 1 aliphatic carbocycles. The van der Waals surface area contributed by atoms with Gasteiger partial charge in [-0.05, 0) is 140 Å². The predicted molar refractivity (Wildman–Crippen MR) is 316 cm³/mol. The van der Waals surface area contributed by atoms with E-state index in [9.17, 15) is 0 Å². The molecule has 0 amide bonds. The summed E-state index contributed by atoms with van der Waals surface area (Å²) in [5.41, 5.74) is 22.0. The molecule has 1 unspecified atom stereocenters. The van der Waals surface area contributed by atoms with Crippen molar-refractivity contribution in [1.82, 2.24) is 4.57 Å². The molecular weight excluding hydrogens is 909 g/mol. The largest absolute Gasteiger partial charge is 0.456 e. The molecule has 0 saturated heterocycles. The lowest BCUT2D eigenvalue weighted by Gasteiger charge is -2.33. The van der Waals surface area contributed by atoms with Crippen LogP contribution in [0.4, 0.5) is 11.4 Å². The molecule has 14 rings (SSSR count). The molecule has 2 heterocycles. The van der Waals surface area contributed by atoms with Crippen LogP contribution in [0.3, 0.4) is 0 Å². The van der Waals surface area contributed by atoms with Crippen LogP contribution >= 0.6 is 0 Å². The second-order valence-corrected chi connectivity index (χ2v) is 19.6. The molecule has 0 fully saturated rings. The number of fused-ring (bicyclic) bond motifs is 6. The number of anilines is 2.